The molecule has 0 aliphatic heterocycles. The number of esters is 1. The number of carbonyl (C=O) groups is 1. The third-order valence-corrected chi connectivity index (χ3v) is 3.64. The zero-order valence-electron chi connectivity index (χ0n) is 9.43. The van der Waals surface area contributed by atoms with Crippen molar-refractivity contribution in [3.8, 4) is 0 Å². The van der Waals surface area contributed by atoms with Gasteiger partial charge >= 0.3 is 5.97 Å². The Morgan fingerprint density at radius 2 is 2.36 bits per heavy atom. The van der Waals surface area contributed by atoms with Crippen LogP contribution in [0.2, 0.25) is 0 Å². The van der Waals surface area contributed by atoms with Gasteiger partial charge in [0, 0.05) is 5.54 Å². The third-order valence-electron chi connectivity index (χ3n) is 3.64. The molecule has 0 aromatic heterocycles. The minimum atomic E-state index is -0.0975. The second-order valence-corrected chi connectivity index (χ2v) is 4.16. The molecule has 14 heavy (non-hydrogen) atoms. The summed E-state index contributed by atoms with van der Waals surface area (Å²) in [7, 11) is 3.42. The second-order valence-electron chi connectivity index (χ2n) is 4.16. The number of hydrogen-bond donors (Lipinski definition) is 1. The van der Waals surface area contributed by atoms with E-state index in [1.165, 1.54) is 20.0 Å². The van der Waals surface area contributed by atoms with Gasteiger partial charge in [0.15, 0.2) is 0 Å². The second kappa shape index (κ2) is 4.78. The summed E-state index contributed by atoms with van der Waals surface area (Å²) in [5.41, 5.74) is 0.00183. The van der Waals surface area contributed by atoms with E-state index in [2.05, 4.69) is 12.2 Å². The van der Waals surface area contributed by atoms with E-state index in [0.717, 1.165) is 12.8 Å². The SMILES string of the molecule is CCC1CCCC1(CC(=O)OC)NC. The van der Waals surface area contributed by atoms with Crippen molar-refractivity contribution in [3.63, 3.8) is 0 Å². The molecule has 1 N–H and O–H groups in total. The summed E-state index contributed by atoms with van der Waals surface area (Å²) in [5.74, 6) is 0.520. The Bertz CT molecular complexity index is 205. The van der Waals surface area contributed by atoms with Gasteiger partial charge in [-0.1, -0.05) is 19.8 Å². The largest absolute Gasteiger partial charge is 0.469 e. The van der Waals surface area contributed by atoms with Crippen molar-refractivity contribution in [2.24, 2.45) is 5.92 Å². The van der Waals surface area contributed by atoms with E-state index in [-0.39, 0.29) is 11.5 Å². The lowest BCUT2D eigenvalue weighted by Gasteiger charge is -2.34. The number of methoxy groups -OCH3 is 1. The standard InChI is InChI=1S/C11H21NO2/c1-4-9-6-5-7-11(9,12-2)8-10(13)14-3/h9,12H,4-8H2,1-3H3. The maximum atomic E-state index is 11.3. The summed E-state index contributed by atoms with van der Waals surface area (Å²) in [4.78, 5) is 11.3. The van der Waals surface area contributed by atoms with Crippen LogP contribution in [-0.4, -0.2) is 25.7 Å². The normalized spacial score (nSPS) is 31.8. The highest BCUT2D eigenvalue weighted by Crippen LogP contribution is 2.40. The summed E-state index contributed by atoms with van der Waals surface area (Å²) in [6.45, 7) is 2.19. The molecule has 0 saturated heterocycles. The molecule has 1 aliphatic rings. The number of ether oxygens (including phenoxy) is 1. The van der Waals surface area contributed by atoms with E-state index >= 15 is 0 Å². The van der Waals surface area contributed by atoms with Crippen molar-refractivity contribution in [1.82, 2.24) is 5.32 Å². The Hall–Kier alpha value is -0.570. The molecular formula is C11H21NO2. The third kappa shape index (κ3) is 2.08. The molecule has 0 spiro atoms. The first-order chi connectivity index (χ1) is 6.68. The molecule has 2 atom stereocenters. The van der Waals surface area contributed by atoms with Crippen LogP contribution in [0.4, 0.5) is 0 Å². The lowest BCUT2D eigenvalue weighted by molar-refractivity contribution is -0.142. The Balaban J connectivity index is 2.69. The predicted molar refractivity (Wildman–Crippen MR) is 56.1 cm³/mol. The summed E-state index contributed by atoms with van der Waals surface area (Å²) in [6, 6.07) is 0. The zero-order chi connectivity index (χ0) is 10.6. The van der Waals surface area contributed by atoms with Gasteiger partial charge in [-0.3, -0.25) is 4.79 Å². The highest BCUT2D eigenvalue weighted by atomic mass is 16.5. The molecule has 2 unspecified atom stereocenters. The minimum Gasteiger partial charge on any atom is -0.469 e. The van der Waals surface area contributed by atoms with Crippen LogP contribution in [0, 0.1) is 5.92 Å². The maximum absolute atomic E-state index is 11.3. The first-order valence-corrected chi connectivity index (χ1v) is 5.44. The monoisotopic (exact) mass is 199 g/mol. The fraction of sp³-hybridized carbons (Fsp3) is 0.909. The first kappa shape index (κ1) is 11.5. The first-order valence-electron chi connectivity index (χ1n) is 5.44. The van der Waals surface area contributed by atoms with Gasteiger partial charge in [-0.2, -0.15) is 0 Å². The van der Waals surface area contributed by atoms with Gasteiger partial charge in [0.1, 0.15) is 0 Å². The van der Waals surface area contributed by atoms with E-state index in [1.807, 2.05) is 7.05 Å². The van der Waals surface area contributed by atoms with Crippen LogP contribution in [0.5, 0.6) is 0 Å². The smallest absolute Gasteiger partial charge is 0.307 e. The van der Waals surface area contributed by atoms with Crippen molar-refractivity contribution in [2.75, 3.05) is 14.2 Å². The Labute approximate surface area is 86.2 Å². The van der Waals surface area contributed by atoms with Gasteiger partial charge in [0.25, 0.3) is 0 Å². The van der Waals surface area contributed by atoms with E-state index in [9.17, 15) is 4.79 Å². The number of nitrogens with one attached hydrogen (secondary N) is 1. The maximum Gasteiger partial charge on any atom is 0.307 e. The molecule has 0 amide bonds. The number of hydrogen-bond acceptors (Lipinski definition) is 3. The summed E-state index contributed by atoms with van der Waals surface area (Å²) in [6.07, 6.45) is 5.19. The number of carbonyl (C=O) groups excluding carboxylic acids is 1. The quantitative estimate of drug-likeness (QED) is 0.701. The molecule has 0 heterocycles. The van der Waals surface area contributed by atoms with Crippen molar-refractivity contribution >= 4 is 5.97 Å². The van der Waals surface area contributed by atoms with E-state index in [4.69, 9.17) is 4.74 Å². The van der Waals surface area contributed by atoms with Gasteiger partial charge in [0.2, 0.25) is 0 Å². The van der Waals surface area contributed by atoms with Crippen LogP contribution in [0.25, 0.3) is 0 Å². The van der Waals surface area contributed by atoms with Crippen LogP contribution in [0.3, 0.4) is 0 Å². The van der Waals surface area contributed by atoms with Crippen LogP contribution in [-0.2, 0) is 9.53 Å². The Morgan fingerprint density at radius 1 is 1.64 bits per heavy atom. The molecule has 3 nitrogen and oxygen atoms in total. The average Bonchev–Trinajstić information content (AvgIpc) is 2.61. The molecule has 1 saturated carbocycles. The van der Waals surface area contributed by atoms with Gasteiger partial charge in [-0.25, -0.2) is 0 Å². The lowest BCUT2D eigenvalue weighted by Crippen LogP contribution is -2.47. The molecule has 82 valence electrons. The van der Waals surface area contributed by atoms with Gasteiger partial charge in [0.05, 0.1) is 13.5 Å². The Kier molecular flexibility index (Phi) is 3.93. The highest BCUT2D eigenvalue weighted by molar-refractivity contribution is 5.70. The summed E-state index contributed by atoms with van der Waals surface area (Å²) >= 11 is 0. The molecule has 0 aromatic rings. The summed E-state index contributed by atoms with van der Waals surface area (Å²) in [5, 5.41) is 3.34. The minimum absolute atomic E-state index is 0.00183. The fourth-order valence-corrected chi connectivity index (χ4v) is 2.72. The van der Waals surface area contributed by atoms with Gasteiger partial charge < -0.3 is 10.1 Å². The topological polar surface area (TPSA) is 38.3 Å². The highest BCUT2D eigenvalue weighted by Gasteiger charge is 2.42. The lowest BCUT2D eigenvalue weighted by atomic mass is 9.82. The molecular weight excluding hydrogens is 178 g/mol. The summed E-state index contributed by atoms with van der Waals surface area (Å²) < 4.78 is 4.75. The van der Waals surface area contributed by atoms with Gasteiger partial charge in [-0.05, 0) is 25.8 Å². The molecule has 1 rings (SSSR count). The van der Waals surface area contributed by atoms with Crippen molar-refractivity contribution < 1.29 is 9.53 Å². The van der Waals surface area contributed by atoms with Crippen molar-refractivity contribution in [1.29, 1.82) is 0 Å². The Morgan fingerprint density at radius 3 is 2.86 bits per heavy atom. The van der Waals surface area contributed by atoms with Crippen molar-refractivity contribution in [3.05, 3.63) is 0 Å². The van der Waals surface area contributed by atoms with Crippen LogP contribution in [0.1, 0.15) is 39.0 Å². The predicted octanol–water partition coefficient (Wildman–Crippen LogP) is 1.72. The fourth-order valence-electron chi connectivity index (χ4n) is 2.72. The van der Waals surface area contributed by atoms with Gasteiger partial charge in [-0.15, -0.1) is 0 Å². The van der Waals surface area contributed by atoms with E-state index in [0.29, 0.717) is 12.3 Å². The molecule has 1 aliphatic carbocycles. The molecule has 1 fully saturated rings. The van der Waals surface area contributed by atoms with Crippen LogP contribution in [0.15, 0.2) is 0 Å². The molecule has 0 radical (unpaired) electrons. The molecule has 3 heteroatoms. The zero-order valence-corrected chi connectivity index (χ0v) is 9.43. The molecule has 0 bridgehead atoms. The van der Waals surface area contributed by atoms with E-state index < -0.39 is 0 Å². The molecule has 0 aromatic carbocycles. The number of rotatable bonds is 4. The van der Waals surface area contributed by atoms with Crippen molar-refractivity contribution in [2.45, 2.75) is 44.6 Å². The van der Waals surface area contributed by atoms with E-state index in [1.54, 1.807) is 0 Å². The van der Waals surface area contributed by atoms with Crippen LogP contribution < -0.4 is 5.32 Å². The van der Waals surface area contributed by atoms with Crippen LogP contribution >= 0.6 is 0 Å². The average molecular weight is 199 g/mol.